The smallest absolute Gasteiger partial charge is 0.278 e. The molecule has 8 nitrogen and oxygen atoms in total. The van der Waals surface area contributed by atoms with Crippen molar-refractivity contribution in [3.05, 3.63) is 63.7 Å². The van der Waals surface area contributed by atoms with Crippen molar-refractivity contribution in [3.63, 3.8) is 0 Å². The molecule has 0 saturated heterocycles. The van der Waals surface area contributed by atoms with E-state index in [1.807, 2.05) is 19.9 Å². The fourth-order valence-corrected chi connectivity index (χ4v) is 3.79. The minimum absolute atomic E-state index is 0.0633. The molecule has 166 valence electrons. The molecule has 0 aliphatic rings. The lowest BCUT2D eigenvalue weighted by molar-refractivity contribution is -0.115. The van der Waals surface area contributed by atoms with E-state index >= 15 is 0 Å². The molecule has 2 aromatic carbocycles. The van der Waals surface area contributed by atoms with Crippen LogP contribution in [0.2, 0.25) is 0 Å². The van der Waals surface area contributed by atoms with Crippen LogP contribution in [0.25, 0.3) is 11.3 Å². The highest BCUT2D eigenvalue weighted by Gasteiger charge is 2.19. The highest BCUT2D eigenvalue weighted by molar-refractivity contribution is 8.00. The Balaban J connectivity index is 1.81. The molecule has 1 unspecified atom stereocenters. The number of aromatic nitrogens is 3. The monoisotopic (exact) mass is 455 g/mol. The van der Waals surface area contributed by atoms with Crippen LogP contribution in [0.3, 0.4) is 0 Å². The number of anilines is 2. The molecular formula is C22H22FN5O3S. The summed E-state index contributed by atoms with van der Waals surface area (Å²) in [5.41, 5.74) is 2.68. The number of aromatic amines is 1. The first-order chi connectivity index (χ1) is 15.1. The first kappa shape index (κ1) is 23.1. The van der Waals surface area contributed by atoms with Crippen LogP contribution >= 0.6 is 11.8 Å². The van der Waals surface area contributed by atoms with Gasteiger partial charge >= 0.3 is 0 Å². The lowest BCUT2D eigenvalue weighted by Crippen LogP contribution is -2.23. The van der Waals surface area contributed by atoms with Crippen LogP contribution in [0.1, 0.15) is 25.0 Å². The van der Waals surface area contributed by atoms with Gasteiger partial charge in [0.1, 0.15) is 5.82 Å². The topological polar surface area (TPSA) is 117 Å². The van der Waals surface area contributed by atoms with Crippen molar-refractivity contribution in [3.8, 4) is 11.3 Å². The molecule has 0 aliphatic carbocycles. The highest BCUT2D eigenvalue weighted by Crippen LogP contribution is 2.30. The van der Waals surface area contributed by atoms with Crippen molar-refractivity contribution < 1.29 is 14.0 Å². The average molecular weight is 456 g/mol. The van der Waals surface area contributed by atoms with Gasteiger partial charge in [0.05, 0.1) is 10.9 Å². The Morgan fingerprint density at radius 2 is 1.78 bits per heavy atom. The first-order valence-corrected chi connectivity index (χ1v) is 10.6. The SMILES string of the molecule is CC(=O)Nc1c(C)cc(C)cc1-c1nnc(SC(C)C(=O)Nc2ccc(F)cc2)[nH]c1=O. The molecule has 1 heterocycles. The van der Waals surface area contributed by atoms with Crippen molar-refractivity contribution in [1.82, 2.24) is 15.2 Å². The quantitative estimate of drug-likeness (QED) is 0.489. The number of hydrogen-bond acceptors (Lipinski definition) is 6. The number of carbonyl (C=O) groups excluding carboxylic acids is 2. The molecule has 1 atom stereocenters. The molecule has 2 amide bonds. The van der Waals surface area contributed by atoms with Crippen LogP contribution in [0.4, 0.5) is 15.8 Å². The summed E-state index contributed by atoms with van der Waals surface area (Å²) >= 11 is 1.03. The summed E-state index contributed by atoms with van der Waals surface area (Å²) in [5.74, 6) is -1.00. The normalized spacial score (nSPS) is 11.7. The fraction of sp³-hybridized carbons (Fsp3) is 0.227. The number of carbonyl (C=O) groups is 2. The van der Waals surface area contributed by atoms with Crippen molar-refractivity contribution in [2.75, 3.05) is 10.6 Å². The van der Waals surface area contributed by atoms with Gasteiger partial charge in [-0.05, 0) is 56.7 Å². The number of H-pyrrole nitrogens is 1. The van der Waals surface area contributed by atoms with Crippen molar-refractivity contribution in [1.29, 1.82) is 0 Å². The van der Waals surface area contributed by atoms with Gasteiger partial charge in [0, 0.05) is 18.2 Å². The van der Waals surface area contributed by atoms with Gasteiger partial charge in [-0.2, -0.15) is 0 Å². The van der Waals surface area contributed by atoms with Gasteiger partial charge in [-0.15, -0.1) is 10.2 Å². The van der Waals surface area contributed by atoms with Crippen LogP contribution in [0, 0.1) is 19.7 Å². The number of halogens is 1. The molecule has 0 spiro atoms. The summed E-state index contributed by atoms with van der Waals surface area (Å²) in [5, 5.41) is 13.1. The molecule has 32 heavy (non-hydrogen) atoms. The molecule has 3 rings (SSSR count). The number of thioether (sulfide) groups is 1. The first-order valence-electron chi connectivity index (χ1n) is 9.73. The third-order valence-electron chi connectivity index (χ3n) is 4.48. The third-order valence-corrected chi connectivity index (χ3v) is 5.46. The lowest BCUT2D eigenvalue weighted by atomic mass is 10.0. The standard InChI is InChI=1S/C22H22FN5O3S/c1-11-9-12(2)18(24-14(4)29)17(10-11)19-21(31)26-22(28-27-19)32-13(3)20(30)25-16-7-5-15(23)6-8-16/h5-10,13H,1-4H3,(H,24,29)(H,25,30)(H,26,28,31). The van der Waals surface area contributed by atoms with Gasteiger partial charge in [0.15, 0.2) is 10.9 Å². The molecule has 3 aromatic rings. The highest BCUT2D eigenvalue weighted by atomic mass is 32.2. The van der Waals surface area contributed by atoms with E-state index in [9.17, 15) is 18.8 Å². The third kappa shape index (κ3) is 5.58. The van der Waals surface area contributed by atoms with Crippen LogP contribution in [0.15, 0.2) is 46.3 Å². The maximum absolute atomic E-state index is 13.0. The molecule has 0 radical (unpaired) electrons. The predicted molar refractivity (Wildman–Crippen MR) is 122 cm³/mol. The Hall–Kier alpha value is -3.53. The minimum atomic E-state index is -0.605. The lowest BCUT2D eigenvalue weighted by Gasteiger charge is -2.14. The largest absolute Gasteiger partial charge is 0.325 e. The maximum atomic E-state index is 13.0. The van der Waals surface area contributed by atoms with Crippen LogP contribution in [-0.4, -0.2) is 32.2 Å². The molecule has 0 saturated carbocycles. The van der Waals surface area contributed by atoms with Crippen molar-refractivity contribution in [2.24, 2.45) is 0 Å². The Bertz CT molecular complexity index is 1230. The molecular weight excluding hydrogens is 433 g/mol. The van der Waals surface area contributed by atoms with E-state index in [0.29, 0.717) is 16.9 Å². The van der Waals surface area contributed by atoms with Crippen LogP contribution in [0.5, 0.6) is 0 Å². The summed E-state index contributed by atoms with van der Waals surface area (Å²) in [7, 11) is 0. The van der Waals surface area contributed by atoms with E-state index in [0.717, 1.165) is 22.9 Å². The molecule has 10 heteroatoms. The predicted octanol–water partition coefficient (Wildman–Crippen LogP) is 3.67. The number of benzene rings is 2. The van der Waals surface area contributed by atoms with Gasteiger partial charge < -0.3 is 10.6 Å². The van der Waals surface area contributed by atoms with Crippen LogP contribution < -0.4 is 16.2 Å². The van der Waals surface area contributed by atoms with Crippen molar-refractivity contribution >= 4 is 35.0 Å². The fourth-order valence-electron chi connectivity index (χ4n) is 3.05. The Kier molecular flexibility index (Phi) is 7.04. The second kappa shape index (κ2) is 9.73. The number of nitrogens with one attached hydrogen (secondary N) is 3. The van der Waals surface area contributed by atoms with E-state index in [1.54, 1.807) is 13.0 Å². The number of amides is 2. The number of hydrogen-bond donors (Lipinski definition) is 3. The van der Waals surface area contributed by atoms with E-state index in [2.05, 4.69) is 25.8 Å². The van der Waals surface area contributed by atoms with E-state index in [1.165, 1.54) is 31.2 Å². The zero-order chi connectivity index (χ0) is 23.4. The second-order valence-electron chi connectivity index (χ2n) is 7.25. The Morgan fingerprint density at radius 1 is 1.09 bits per heavy atom. The molecule has 0 fully saturated rings. The number of rotatable bonds is 6. The molecule has 1 aromatic heterocycles. The van der Waals surface area contributed by atoms with Crippen LogP contribution in [-0.2, 0) is 9.59 Å². The van der Waals surface area contributed by atoms with Gasteiger partial charge in [-0.25, -0.2) is 4.39 Å². The van der Waals surface area contributed by atoms with E-state index in [4.69, 9.17) is 0 Å². The number of nitrogens with zero attached hydrogens (tertiary/aromatic N) is 2. The van der Waals surface area contributed by atoms with Crippen molar-refractivity contribution in [2.45, 2.75) is 38.1 Å². The summed E-state index contributed by atoms with van der Waals surface area (Å²) < 4.78 is 13.0. The van der Waals surface area contributed by atoms with E-state index < -0.39 is 16.6 Å². The van der Waals surface area contributed by atoms with E-state index in [-0.39, 0.29) is 22.7 Å². The molecule has 3 N–H and O–H groups in total. The zero-order valence-corrected chi connectivity index (χ0v) is 18.8. The molecule has 0 aliphatic heterocycles. The second-order valence-corrected chi connectivity index (χ2v) is 8.58. The van der Waals surface area contributed by atoms with Gasteiger partial charge in [-0.1, -0.05) is 23.4 Å². The average Bonchev–Trinajstić information content (AvgIpc) is 2.71. The van der Waals surface area contributed by atoms with Gasteiger partial charge in [0.2, 0.25) is 11.8 Å². The summed E-state index contributed by atoms with van der Waals surface area (Å²) in [6.45, 7) is 6.74. The summed E-state index contributed by atoms with van der Waals surface area (Å²) in [4.78, 5) is 39.4. The summed E-state index contributed by atoms with van der Waals surface area (Å²) in [6, 6.07) is 9.05. The molecule has 0 bridgehead atoms. The minimum Gasteiger partial charge on any atom is -0.325 e. The Morgan fingerprint density at radius 3 is 2.41 bits per heavy atom. The van der Waals surface area contributed by atoms with Gasteiger partial charge in [-0.3, -0.25) is 19.4 Å². The van der Waals surface area contributed by atoms with Gasteiger partial charge in [0.25, 0.3) is 5.56 Å². The maximum Gasteiger partial charge on any atom is 0.278 e. The number of aryl methyl sites for hydroxylation is 2. The summed E-state index contributed by atoms with van der Waals surface area (Å²) in [6.07, 6.45) is 0. The Labute approximate surface area is 188 Å². The zero-order valence-electron chi connectivity index (χ0n) is 17.9.